The van der Waals surface area contributed by atoms with Crippen molar-refractivity contribution in [3.63, 3.8) is 0 Å². The summed E-state index contributed by atoms with van der Waals surface area (Å²) in [7, 11) is -0.586. The maximum Gasteiger partial charge on any atom is 0.504 e. The molecule has 1 atom stereocenters. The molecule has 0 heterocycles. The zero-order chi connectivity index (χ0) is 15.4. The molecule has 7 nitrogen and oxygen atoms in total. The van der Waals surface area contributed by atoms with Gasteiger partial charge in [0.05, 0.1) is 7.11 Å². The van der Waals surface area contributed by atoms with E-state index in [4.69, 9.17) is 0 Å². The summed E-state index contributed by atoms with van der Waals surface area (Å²) in [5, 5.41) is 0. The zero-order valence-corrected chi connectivity index (χ0v) is 14.9. The number of hydrogen-bond donors (Lipinski definition) is 0. The highest BCUT2D eigenvalue weighted by atomic mass is 31.2. The van der Waals surface area contributed by atoms with Crippen LogP contribution >= 0.6 is 23.0 Å². The molecule has 0 fully saturated rings. The Hall–Kier alpha value is 0.400. The van der Waals surface area contributed by atoms with E-state index >= 15 is 0 Å². The van der Waals surface area contributed by atoms with Crippen LogP contribution in [0.3, 0.4) is 0 Å². The molecule has 0 saturated heterocycles. The Bertz CT molecular complexity index is 291. The third-order valence-electron chi connectivity index (χ3n) is 1.36. The maximum absolute atomic E-state index is 10.5. The van der Waals surface area contributed by atoms with Crippen molar-refractivity contribution in [2.45, 2.75) is 0 Å². The van der Waals surface area contributed by atoms with E-state index in [1.165, 1.54) is 41.8 Å². The molecule has 18 heavy (non-hydrogen) atoms. The highest BCUT2D eigenvalue weighted by Gasteiger charge is 2.08. The Morgan fingerprint density at radius 2 is 1.06 bits per heavy atom. The van der Waals surface area contributed by atoms with Crippen molar-refractivity contribution in [1.29, 1.82) is 0 Å². The molecule has 0 aromatic rings. The standard InChI is InChI=1S/C3H9O3P.C3H9O2P.C2H6O2P/c1-5-7(3,4)6-2;1-5-6(2,3)4;1-4-5(2)3/h1-3H3;1-3H3;1-2H3/q;;+1. The van der Waals surface area contributed by atoms with Gasteiger partial charge in [0.15, 0.2) is 14.0 Å². The van der Waals surface area contributed by atoms with Crippen LogP contribution in [0.5, 0.6) is 0 Å². The molecule has 0 rings (SSSR count). The average molecular weight is 325 g/mol. The fraction of sp³-hybridized carbons (Fsp3) is 1.00. The third kappa shape index (κ3) is 29.9. The van der Waals surface area contributed by atoms with Crippen LogP contribution in [0.4, 0.5) is 0 Å². The summed E-state index contributed by atoms with van der Waals surface area (Å²) in [4.78, 5) is 0. The van der Waals surface area contributed by atoms with E-state index in [1.54, 1.807) is 13.3 Å². The second-order valence-corrected chi connectivity index (χ2v) is 9.58. The number of hydrogen-bond acceptors (Lipinski definition) is 7. The summed E-state index contributed by atoms with van der Waals surface area (Å²) >= 11 is 0. The molecule has 0 N–H and O–H groups in total. The molecule has 0 aromatic carbocycles. The van der Waals surface area contributed by atoms with Crippen molar-refractivity contribution in [1.82, 2.24) is 0 Å². The summed E-state index contributed by atoms with van der Waals surface area (Å²) in [6, 6.07) is 0. The van der Waals surface area contributed by atoms with Crippen molar-refractivity contribution in [2.24, 2.45) is 0 Å². The monoisotopic (exact) mass is 325 g/mol. The van der Waals surface area contributed by atoms with Crippen molar-refractivity contribution in [2.75, 3.05) is 55.1 Å². The lowest BCUT2D eigenvalue weighted by atomic mass is 11.8. The minimum absolute atomic E-state index is 1.35. The minimum atomic E-state index is -2.65. The summed E-state index contributed by atoms with van der Waals surface area (Å²) in [5.74, 6) is 0. The zero-order valence-electron chi connectivity index (χ0n) is 12.2. The summed E-state index contributed by atoms with van der Waals surface area (Å²) in [6.07, 6.45) is 0. The molecule has 0 radical (unpaired) electrons. The first-order valence-electron chi connectivity index (χ1n) is 4.70. The molecule has 0 saturated carbocycles. The predicted molar refractivity (Wildman–Crippen MR) is 74.6 cm³/mol. The lowest BCUT2D eigenvalue weighted by Gasteiger charge is -2.04. The summed E-state index contributed by atoms with van der Waals surface area (Å²) in [5.41, 5.74) is 0. The molecule has 0 aliphatic rings. The molecular formula is C8H24O7P3+. The molecule has 0 amide bonds. The van der Waals surface area contributed by atoms with Crippen LogP contribution < -0.4 is 0 Å². The number of rotatable bonds is 4. The minimum Gasteiger partial charge on any atom is -0.332 e. The van der Waals surface area contributed by atoms with Gasteiger partial charge in [-0.2, -0.15) is 0 Å². The van der Waals surface area contributed by atoms with Gasteiger partial charge in [-0.15, -0.1) is 4.52 Å². The normalized spacial score (nSPS) is 11.7. The van der Waals surface area contributed by atoms with E-state index in [0.717, 1.165) is 0 Å². The second kappa shape index (κ2) is 12.4. The van der Waals surface area contributed by atoms with Gasteiger partial charge < -0.3 is 13.6 Å². The van der Waals surface area contributed by atoms with E-state index in [2.05, 4.69) is 18.1 Å². The third-order valence-corrected chi connectivity index (χ3v) is 4.08. The van der Waals surface area contributed by atoms with Gasteiger partial charge in [-0.05, 0) is 4.57 Å². The molecule has 1 unspecified atom stereocenters. The molecule has 0 aromatic heterocycles. The van der Waals surface area contributed by atoms with Crippen LogP contribution in [-0.2, 0) is 31.8 Å². The lowest BCUT2D eigenvalue weighted by Crippen LogP contribution is -1.82. The Morgan fingerprint density at radius 1 is 0.833 bits per heavy atom. The fourth-order valence-electron chi connectivity index (χ4n) is 0.0745. The van der Waals surface area contributed by atoms with Gasteiger partial charge in [-0.25, -0.2) is 0 Å². The largest absolute Gasteiger partial charge is 0.504 e. The van der Waals surface area contributed by atoms with E-state index < -0.39 is 23.0 Å². The molecule has 0 bridgehead atoms. The van der Waals surface area contributed by atoms with Gasteiger partial charge in [0.25, 0.3) is 0 Å². The molecule has 0 spiro atoms. The molecular weight excluding hydrogens is 301 g/mol. The molecule has 112 valence electrons. The maximum atomic E-state index is 10.5. The Balaban J connectivity index is -0.000000190. The van der Waals surface area contributed by atoms with E-state index in [-0.39, 0.29) is 0 Å². The molecule has 0 aliphatic heterocycles. The Morgan fingerprint density at radius 3 is 1.06 bits per heavy atom. The first kappa shape index (κ1) is 23.5. The Labute approximate surface area is 110 Å². The highest BCUT2D eigenvalue weighted by molar-refractivity contribution is 7.57. The van der Waals surface area contributed by atoms with Gasteiger partial charge in [0.2, 0.25) is 0 Å². The first-order chi connectivity index (χ1) is 7.95. The highest BCUT2D eigenvalue weighted by Crippen LogP contribution is 2.40. The smallest absolute Gasteiger partial charge is 0.332 e. The van der Waals surface area contributed by atoms with Gasteiger partial charge in [-0.1, -0.05) is 0 Å². The van der Waals surface area contributed by atoms with Gasteiger partial charge in [-0.3, -0.25) is 9.13 Å². The van der Waals surface area contributed by atoms with Crippen LogP contribution in [-0.4, -0.2) is 55.1 Å². The van der Waals surface area contributed by atoms with E-state index in [0.29, 0.717) is 0 Å². The van der Waals surface area contributed by atoms with Crippen LogP contribution in [0, 0.1) is 0 Å². The average Bonchev–Trinajstić information content (AvgIpc) is 2.29. The first-order valence-corrected chi connectivity index (χ1v) is 10.8. The SMILES string of the molecule is COP(C)(=O)OC.COP(C)(C)=O.CO[P+](C)=O. The summed E-state index contributed by atoms with van der Waals surface area (Å²) in [6.45, 7) is 6.07. The van der Waals surface area contributed by atoms with Gasteiger partial charge in [0.1, 0.15) is 0 Å². The second-order valence-electron chi connectivity index (χ2n) is 3.19. The Kier molecular flexibility index (Phi) is 16.2. The molecule has 10 heteroatoms. The van der Waals surface area contributed by atoms with E-state index in [1.807, 2.05) is 0 Å². The van der Waals surface area contributed by atoms with Crippen molar-refractivity contribution < 1.29 is 31.8 Å². The van der Waals surface area contributed by atoms with E-state index in [9.17, 15) is 13.7 Å². The van der Waals surface area contributed by atoms with Crippen molar-refractivity contribution in [3.05, 3.63) is 0 Å². The topological polar surface area (TPSA) is 88.1 Å². The van der Waals surface area contributed by atoms with Gasteiger partial charge >= 0.3 is 15.6 Å². The quantitative estimate of drug-likeness (QED) is 0.733. The fourth-order valence-corrected chi connectivity index (χ4v) is 0.224. The van der Waals surface area contributed by atoms with Crippen molar-refractivity contribution in [3.8, 4) is 0 Å². The molecule has 0 aliphatic carbocycles. The van der Waals surface area contributed by atoms with Crippen LogP contribution in [0.15, 0.2) is 0 Å². The van der Waals surface area contributed by atoms with Crippen LogP contribution in [0.1, 0.15) is 0 Å². The van der Waals surface area contributed by atoms with Gasteiger partial charge in [0, 0.05) is 41.3 Å². The van der Waals surface area contributed by atoms with Crippen LogP contribution in [0.2, 0.25) is 0 Å². The lowest BCUT2D eigenvalue weighted by molar-refractivity contribution is 0.282. The van der Waals surface area contributed by atoms with Crippen molar-refractivity contribution >= 4 is 23.0 Å². The van der Waals surface area contributed by atoms with Crippen LogP contribution in [0.25, 0.3) is 0 Å². The summed E-state index contributed by atoms with van der Waals surface area (Å²) < 4.78 is 48.2. The predicted octanol–water partition coefficient (Wildman–Crippen LogP) is 3.28.